The highest BCUT2D eigenvalue weighted by molar-refractivity contribution is 5.96. The van der Waals surface area contributed by atoms with Gasteiger partial charge in [0.05, 0.1) is 6.20 Å². The number of hydrogen-bond acceptors (Lipinski definition) is 3. The maximum absolute atomic E-state index is 12.7. The number of carbonyl (C=O) groups is 1. The largest absolute Gasteiger partial charge is 0.441 e. The fourth-order valence-electron chi connectivity index (χ4n) is 3.53. The van der Waals surface area contributed by atoms with Crippen LogP contribution in [0.2, 0.25) is 0 Å². The second-order valence-corrected chi connectivity index (χ2v) is 6.86. The maximum Gasteiger partial charge on any atom is 0.227 e. The number of hydrogen-bond donors (Lipinski definition) is 0. The Labute approximate surface area is 153 Å². The number of oxazole rings is 1. The van der Waals surface area contributed by atoms with E-state index in [1.165, 1.54) is 11.1 Å². The third-order valence-corrected chi connectivity index (χ3v) is 4.94. The molecule has 0 bridgehead atoms. The number of amides is 1. The summed E-state index contributed by atoms with van der Waals surface area (Å²) in [5, 5.41) is 0. The van der Waals surface area contributed by atoms with Crippen LogP contribution in [-0.2, 0) is 17.6 Å². The van der Waals surface area contributed by atoms with E-state index in [9.17, 15) is 4.79 Å². The molecule has 1 aromatic heterocycles. The summed E-state index contributed by atoms with van der Waals surface area (Å²) in [5.41, 5.74) is 5.72. The molecule has 0 unspecified atom stereocenters. The van der Waals surface area contributed by atoms with Crippen LogP contribution < -0.4 is 4.90 Å². The molecule has 4 nitrogen and oxygen atoms in total. The molecule has 132 valence electrons. The Kier molecular flexibility index (Phi) is 4.33. The van der Waals surface area contributed by atoms with Crippen molar-refractivity contribution in [3.05, 3.63) is 71.2 Å². The molecule has 0 saturated heterocycles. The first kappa shape index (κ1) is 16.6. The summed E-state index contributed by atoms with van der Waals surface area (Å²) >= 11 is 0. The lowest BCUT2D eigenvalue weighted by molar-refractivity contribution is -0.118. The summed E-state index contributed by atoms with van der Waals surface area (Å²) in [7, 11) is 0. The first-order valence-electron chi connectivity index (χ1n) is 9.02. The van der Waals surface area contributed by atoms with E-state index in [2.05, 4.69) is 37.0 Å². The molecule has 2 heterocycles. The van der Waals surface area contributed by atoms with Crippen molar-refractivity contribution in [1.82, 2.24) is 4.98 Å². The molecule has 0 N–H and O–H groups in total. The summed E-state index contributed by atoms with van der Waals surface area (Å²) in [5.74, 6) is 1.49. The fraction of sp³-hybridized carbons (Fsp3) is 0.273. The van der Waals surface area contributed by atoms with E-state index in [0.717, 1.165) is 35.5 Å². The molecule has 0 fully saturated rings. The minimum absolute atomic E-state index is 0.133. The standard InChI is InChI=1S/C22H22N2O2/c1-15-6-8-17(9-7-15)19-14-23-20(26-19)10-11-21(25)24-13-12-18-5-3-4-16(2)22(18)24/h3-9,14H,10-13H2,1-2H3. The van der Waals surface area contributed by atoms with Gasteiger partial charge < -0.3 is 9.32 Å². The zero-order chi connectivity index (χ0) is 18.1. The topological polar surface area (TPSA) is 46.3 Å². The monoisotopic (exact) mass is 346 g/mol. The first-order chi connectivity index (χ1) is 12.6. The number of fused-ring (bicyclic) bond motifs is 1. The molecule has 26 heavy (non-hydrogen) atoms. The van der Waals surface area contributed by atoms with Gasteiger partial charge in [-0.1, -0.05) is 48.0 Å². The Morgan fingerprint density at radius 1 is 1.15 bits per heavy atom. The molecular formula is C22H22N2O2. The van der Waals surface area contributed by atoms with Gasteiger partial charge in [-0.25, -0.2) is 4.98 Å². The van der Waals surface area contributed by atoms with Crippen molar-refractivity contribution in [3.8, 4) is 11.3 Å². The molecular weight excluding hydrogens is 324 g/mol. The molecule has 1 aliphatic rings. The van der Waals surface area contributed by atoms with Gasteiger partial charge in [0.1, 0.15) is 0 Å². The van der Waals surface area contributed by atoms with E-state index in [-0.39, 0.29) is 5.91 Å². The van der Waals surface area contributed by atoms with Crippen LogP contribution in [-0.4, -0.2) is 17.4 Å². The van der Waals surface area contributed by atoms with Crippen molar-refractivity contribution in [1.29, 1.82) is 0 Å². The van der Waals surface area contributed by atoms with Gasteiger partial charge in [0.25, 0.3) is 0 Å². The van der Waals surface area contributed by atoms with Crippen LogP contribution >= 0.6 is 0 Å². The van der Waals surface area contributed by atoms with E-state index in [4.69, 9.17) is 4.42 Å². The van der Waals surface area contributed by atoms with E-state index >= 15 is 0 Å². The Morgan fingerprint density at radius 2 is 1.96 bits per heavy atom. The molecule has 1 amide bonds. The van der Waals surface area contributed by atoms with Crippen molar-refractivity contribution >= 4 is 11.6 Å². The van der Waals surface area contributed by atoms with Crippen molar-refractivity contribution in [3.63, 3.8) is 0 Å². The summed E-state index contributed by atoms with van der Waals surface area (Å²) in [6, 6.07) is 14.4. The number of benzene rings is 2. The highest BCUT2D eigenvalue weighted by atomic mass is 16.4. The molecule has 0 saturated carbocycles. The van der Waals surface area contributed by atoms with Gasteiger partial charge in [0.2, 0.25) is 5.91 Å². The maximum atomic E-state index is 12.7. The van der Waals surface area contributed by atoms with Gasteiger partial charge >= 0.3 is 0 Å². The Morgan fingerprint density at radius 3 is 2.77 bits per heavy atom. The summed E-state index contributed by atoms with van der Waals surface area (Å²) in [6.07, 6.45) is 3.59. The number of para-hydroxylation sites is 1. The number of aryl methyl sites for hydroxylation is 3. The lowest BCUT2D eigenvalue weighted by atomic mass is 10.1. The van der Waals surface area contributed by atoms with E-state index in [1.807, 2.05) is 29.2 Å². The SMILES string of the molecule is Cc1ccc(-c2cnc(CCC(=O)N3CCc4cccc(C)c43)o2)cc1. The normalized spacial score (nSPS) is 13.1. The molecule has 1 aliphatic heterocycles. The predicted molar refractivity (Wildman–Crippen MR) is 102 cm³/mol. The third-order valence-electron chi connectivity index (χ3n) is 4.94. The second-order valence-electron chi connectivity index (χ2n) is 6.86. The second kappa shape index (κ2) is 6.79. The molecule has 4 heteroatoms. The van der Waals surface area contributed by atoms with Crippen LogP contribution in [0.3, 0.4) is 0 Å². The van der Waals surface area contributed by atoms with E-state index in [0.29, 0.717) is 18.7 Å². The first-order valence-corrected chi connectivity index (χ1v) is 9.02. The lowest BCUT2D eigenvalue weighted by Gasteiger charge is -2.19. The Bertz CT molecular complexity index is 941. The molecule has 2 aromatic carbocycles. The molecule has 0 aliphatic carbocycles. The smallest absolute Gasteiger partial charge is 0.227 e. The Hall–Kier alpha value is -2.88. The van der Waals surface area contributed by atoms with Crippen LogP contribution in [0.4, 0.5) is 5.69 Å². The van der Waals surface area contributed by atoms with Crippen LogP contribution in [0.15, 0.2) is 53.1 Å². The zero-order valence-electron chi connectivity index (χ0n) is 15.2. The predicted octanol–water partition coefficient (Wildman–Crippen LogP) is 4.48. The van der Waals surface area contributed by atoms with Gasteiger partial charge in [0.15, 0.2) is 11.7 Å². The number of rotatable bonds is 4. The van der Waals surface area contributed by atoms with E-state index < -0.39 is 0 Å². The zero-order valence-corrected chi connectivity index (χ0v) is 15.2. The number of nitrogens with zero attached hydrogens (tertiary/aromatic N) is 2. The third kappa shape index (κ3) is 3.15. The highest BCUT2D eigenvalue weighted by Crippen LogP contribution is 2.32. The van der Waals surface area contributed by atoms with Gasteiger partial charge in [-0.15, -0.1) is 0 Å². The molecule has 0 atom stereocenters. The van der Waals surface area contributed by atoms with Crippen molar-refractivity contribution in [2.45, 2.75) is 33.1 Å². The quantitative estimate of drug-likeness (QED) is 0.700. The van der Waals surface area contributed by atoms with Gasteiger partial charge in [-0.3, -0.25) is 4.79 Å². The number of carbonyl (C=O) groups excluding carboxylic acids is 1. The van der Waals surface area contributed by atoms with Crippen molar-refractivity contribution in [2.75, 3.05) is 11.4 Å². The fourth-order valence-corrected chi connectivity index (χ4v) is 3.53. The molecule has 4 rings (SSSR count). The van der Waals surface area contributed by atoms with Gasteiger partial charge in [-0.2, -0.15) is 0 Å². The summed E-state index contributed by atoms with van der Waals surface area (Å²) in [4.78, 5) is 19.0. The number of aromatic nitrogens is 1. The minimum Gasteiger partial charge on any atom is -0.441 e. The van der Waals surface area contributed by atoms with Crippen LogP contribution in [0.1, 0.15) is 29.0 Å². The van der Waals surface area contributed by atoms with Crippen LogP contribution in [0.25, 0.3) is 11.3 Å². The van der Waals surface area contributed by atoms with Gasteiger partial charge in [-0.05, 0) is 31.4 Å². The van der Waals surface area contributed by atoms with Crippen molar-refractivity contribution < 1.29 is 9.21 Å². The van der Waals surface area contributed by atoms with Crippen LogP contribution in [0.5, 0.6) is 0 Å². The lowest BCUT2D eigenvalue weighted by Crippen LogP contribution is -2.29. The highest BCUT2D eigenvalue weighted by Gasteiger charge is 2.26. The van der Waals surface area contributed by atoms with Crippen molar-refractivity contribution in [2.24, 2.45) is 0 Å². The number of anilines is 1. The Balaban J connectivity index is 1.43. The minimum atomic E-state index is 0.133. The summed E-state index contributed by atoms with van der Waals surface area (Å²) in [6.45, 7) is 4.88. The molecule has 0 radical (unpaired) electrons. The average molecular weight is 346 g/mol. The summed E-state index contributed by atoms with van der Waals surface area (Å²) < 4.78 is 5.83. The molecule has 0 spiro atoms. The van der Waals surface area contributed by atoms with Gasteiger partial charge in [0, 0.05) is 30.6 Å². The van der Waals surface area contributed by atoms with E-state index in [1.54, 1.807) is 6.20 Å². The van der Waals surface area contributed by atoms with Crippen LogP contribution in [0, 0.1) is 13.8 Å². The average Bonchev–Trinajstić information content (AvgIpc) is 3.28. The molecule has 3 aromatic rings.